The van der Waals surface area contributed by atoms with E-state index < -0.39 is 0 Å². The third-order valence-corrected chi connectivity index (χ3v) is 4.74. The van der Waals surface area contributed by atoms with E-state index in [0.717, 1.165) is 16.8 Å². The van der Waals surface area contributed by atoms with E-state index in [1.807, 2.05) is 0 Å². The highest BCUT2D eigenvalue weighted by Gasteiger charge is 2.31. The standard InChI is InChI=1S/C14H20OSi/c1-2-13(12-8-4-3-5-9-12)14(16)10-6-7-11-15-14/h2-5,8-9H,6-7,10-11H2,1,16H3. The van der Waals surface area contributed by atoms with Crippen LogP contribution in [0, 0.1) is 0 Å². The molecule has 0 spiro atoms. The molecule has 2 rings (SSSR count). The van der Waals surface area contributed by atoms with Crippen LogP contribution in [0.1, 0.15) is 31.7 Å². The van der Waals surface area contributed by atoms with Gasteiger partial charge in [0, 0.05) is 16.8 Å². The summed E-state index contributed by atoms with van der Waals surface area (Å²) in [5, 5.41) is 0.0500. The van der Waals surface area contributed by atoms with Crippen LogP contribution in [-0.2, 0) is 4.74 Å². The molecule has 0 N–H and O–H groups in total. The molecule has 1 saturated heterocycles. The van der Waals surface area contributed by atoms with Gasteiger partial charge in [-0.05, 0) is 37.3 Å². The van der Waals surface area contributed by atoms with Crippen LogP contribution in [0.3, 0.4) is 0 Å². The topological polar surface area (TPSA) is 9.23 Å². The first kappa shape index (κ1) is 11.6. The predicted octanol–water partition coefficient (Wildman–Crippen LogP) is 2.35. The molecular formula is C14H20OSi. The largest absolute Gasteiger partial charge is 0.375 e. The molecule has 1 nitrogen and oxygen atoms in total. The average Bonchev–Trinajstić information content (AvgIpc) is 2.32. The van der Waals surface area contributed by atoms with Crippen LogP contribution in [0.5, 0.6) is 0 Å². The summed E-state index contributed by atoms with van der Waals surface area (Å²) in [6.07, 6.45) is 5.94. The van der Waals surface area contributed by atoms with Crippen molar-refractivity contribution in [3.05, 3.63) is 42.0 Å². The molecule has 0 radical (unpaired) electrons. The Morgan fingerprint density at radius 3 is 2.62 bits per heavy atom. The van der Waals surface area contributed by atoms with Gasteiger partial charge in [0.1, 0.15) is 0 Å². The van der Waals surface area contributed by atoms with Gasteiger partial charge in [0.2, 0.25) is 0 Å². The zero-order valence-electron chi connectivity index (χ0n) is 10.2. The maximum absolute atomic E-state index is 6.07. The van der Waals surface area contributed by atoms with Crippen molar-refractivity contribution in [2.75, 3.05) is 6.61 Å². The maximum Gasteiger partial charge on any atom is 0.0725 e. The first-order chi connectivity index (χ1) is 7.76. The molecule has 0 amide bonds. The van der Waals surface area contributed by atoms with E-state index >= 15 is 0 Å². The van der Waals surface area contributed by atoms with Crippen LogP contribution in [-0.4, -0.2) is 22.1 Å². The number of rotatable bonds is 2. The van der Waals surface area contributed by atoms with Gasteiger partial charge in [-0.1, -0.05) is 36.4 Å². The molecule has 0 aliphatic carbocycles. The second-order valence-corrected chi connectivity index (χ2v) is 6.22. The van der Waals surface area contributed by atoms with E-state index in [9.17, 15) is 0 Å². The third-order valence-electron chi connectivity index (χ3n) is 3.41. The van der Waals surface area contributed by atoms with Crippen LogP contribution in [0.4, 0.5) is 0 Å². The second-order valence-electron chi connectivity index (χ2n) is 4.60. The monoisotopic (exact) mass is 232 g/mol. The van der Waals surface area contributed by atoms with Crippen molar-refractivity contribution in [3.8, 4) is 0 Å². The molecule has 1 atom stereocenters. The lowest BCUT2D eigenvalue weighted by atomic mass is 9.94. The third kappa shape index (κ3) is 2.28. The molecule has 1 aliphatic rings. The van der Waals surface area contributed by atoms with Crippen molar-refractivity contribution in [3.63, 3.8) is 0 Å². The zero-order valence-corrected chi connectivity index (χ0v) is 12.2. The lowest BCUT2D eigenvalue weighted by Gasteiger charge is -2.36. The van der Waals surface area contributed by atoms with Crippen molar-refractivity contribution in [1.29, 1.82) is 0 Å². The van der Waals surface area contributed by atoms with E-state index in [2.05, 4.69) is 43.3 Å². The van der Waals surface area contributed by atoms with Crippen LogP contribution >= 0.6 is 0 Å². The Morgan fingerprint density at radius 2 is 2.06 bits per heavy atom. The number of hydrogen-bond donors (Lipinski definition) is 0. The molecule has 1 aromatic carbocycles. The van der Waals surface area contributed by atoms with Crippen molar-refractivity contribution >= 4 is 15.8 Å². The van der Waals surface area contributed by atoms with Gasteiger partial charge in [-0.2, -0.15) is 0 Å². The van der Waals surface area contributed by atoms with Gasteiger partial charge >= 0.3 is 0 Å². The van der Waals surface area contributed by atoms with Gasteiger partial charge in [-0.3, -0.25) is 0 Å². The highest BCUT2D eigenvalue weighted by Crippen LogP contribution is 2.35. The van der Waals surface area contributed by atoms with Crippen LogP contribution in [0.2, 0.25) is 0 Å². The Morgan fingerprint density at radius 1 is 1.31 bits per heavy atom. The van der Waals surface area contributed by atoms with Gasteiger partial charge in [0.25, 0.3) is 0 Å². The fourth-order valence-corrected chi connectivity index (χ4v) is 3.68. The summed E-state index contributed by atoms with van der Waals surface area (Å²) in [6.45, 7) is 3.05. The molecule has 1 aromatic rings. The van der Waals surface area contributed by atoms with E-state index in [0.29, 0.717) is 0 Å². The van der Waals surface area contributed by atoms with Gasteiger partial charge in [0.05, 0.1) is 5.22 Å². The minimum absolute atomic E-state index is 0.0500. The molecule has 1 unspecified atom stereocenters. The Bertz CT molecular complexity index is 364. The van der Waals surface area contributed by atoms with Crippen LogP contribution in [0.25, 0.3) is 5.57 Å². The highest BCUT2D eigenvalue weighted by atomic mass is 28.1. The summed E-state index contributed by atoms with van der Waals surface area (Å²) in [5.41, 5.74) is 2.71. The van der Waals surface area contributed by atoms with Crippen molar-refractivity contribution in [2.24, 2.45) is 0 Å². The molecule has 86 valence electrons. The quantitative estimate of drug-likeness (QED) is 0.711. The van der Waals surface area contributed by atoms with Gasteiger partial charge in [0.15, 0.2) is 0 Å². The molecule has 1 aliphatic heterocycles. The lowest BCUT2D eigenvalue weighted by molar-refractivity contribution is 0.0222. The fraction of sp³-hybridized carbons (Fsp3) is 0.429. The minimum atomic E-state index is 0.0500. The molecule has 0 saturated carbocycles. The molecule has 2 heteroatoms. The Kier molecular flexibility index (Phi) is 3.61. The zero-order chi connectivity index (χ0) is 11.4. The maximum atomic E-state index is 6.07. The molecule has 0 aromatic heterocycles. The minimum Gasteiger partial charge on any atom is -0.375 e. The van der Waals surface area contributed by atoms with Crippen molar-refractivity contribution in [1.82, 2.24) is 0 Å². The van der Waals surface area contributed by atoms with E-state index in [1.165, 1.54) is 30.4 Å². The predicted molar refractivity (Wildman–Crippen MR) is 72.6 cm³/mol. The first-order valence-electron chi connectivity index (χ1n) is 6.12. The Labute approximate surface area is 101 Å². The summed E-state index contributed by atoms with van der Waals surface area (Å²) >= 11 is 0. The second kappa shape index (κ2) is 4.98. The summed E-state index contributed by atoms with van der Waals surface area (Å²) in [5.74, 6) is 0. The van der Waals surface area contributed by atoms with E-state index in [1.54, 1.807) is 0 Å². The number of ether oxygens (including phenoxy) is 1. The summed E-state index contributed by atoms with van der Waals surface area (Å²) < 4.78 is 6.07. The fourth-order valence-electron chi connectivity index (χ4n) is 2.54. The summed E-state index contributed by atoms with van der Waals surface area (Å²) in [4.78, 5) is 0. The molecular weight excluding hydrogens is 212 g/mol. The van der Waals surface area contributed by atoms with Crippen LogP contribution < -0.4 is 0 Å². The SMILES string of the molecule is CC=C(c1ccccc1)C1([SiH3])CCCCO1. The van der Waals surface area contributed by atoms with E-state index in [-0.39, 0.29) is 5.22 Å². The average molecular weight is 232 g/mol. The van der Waals surface area contributed by atoms with Gasteiger partial charge < -0.3 is 4.74 Å². The number of benzene rings is 1. The Hall–Kier alpha value is -0.863. The highest BCUT2D eigenvalue weighted by molar-refractivity contribution is 6.22. The smallest absolute Gasteiger partial charge is 0.0725 e. The first-order valence-corrected chi connectivity index (χ1v) is 7.12. The summed E-state index contributed by atoms with van der Waals surface area (Å²) in [7, 11) is 1.07. The number of hydrogen-bond acceptors (Lipinski definition) is 1. The van der Waals surface area contributed by atoms with E-state index in [4.69, 9.17) is 4.74 Å². The van der Waals surface area contributed by atoms with Gasteiger partial charge in [-0.25, -0.2) is 0 Å². The van der Waals surface area contributed by atoms with Crippen molar-refractivity contribution < 1.29 is 4.74 Å². The molecule has 1 heterocycles. The lowest BCUT2D eigenvalue weighted by Crippen LogP contribution is -2.38. The summed E-state index contributed by atoms with van der Waals surface area (Å²) in [6, 6.07) is 10.7. The Balaban J connectivity index is 2.29. The molecule has 0 bridgehead atoms. The molecule has 16 heavy (non-hydrogen) atoms. The van der Waals surface area contributed by atoms with Crippen molar-refractivity contribution in [2.45, 2.75) is 31.4 Å². The normalized spacial score (nSPS) is 26.9. The van der Waals surface area contributed by atoms with Gasteiger partial charge in [-0.15, -0.1) is 0 Å². The number of allylic oxidation sites excluding steroid dienone is 1. The molecule has 1 fully saturated rings. The van der Waals surface area contributed by atoms with Crippen LogP contribution in [0.15, 0.2) is 36.4 Å².